The van der Waals surface area contributed by atoms with Gasteiger partial charge in [0.15, 0.2) is 5.84 Å². The molecule has 4 N–H and O–H groups in total. The Morgan fingerprint density at radius 1 is 1.21 bits per heavy atom. The quantitative estimate of drug-likeness (QED) is 0.259. The minimum atomic E-state index is -4.05. The van der Waals surface area contributed by atoms with Crippen LogP contribution in [0, 0.1) is 10.8 Å². The van der Waals surface area contributed by atoms with E-state index in [9.17, 15) is 28.0 Å². The molecule has 38 heavy (non-hydrogen) atoms. The van der Waals surface area contributed by atoms with Gasteiger partial charge in [0.05, 0.1) is 29.9 Å². The topological polar surface area (TPSA) is 158 Å². The molecule has 0 radical (unpaired) electrons. The number of nitrogens with one attached hydrogen (secondary N) is 2. The molecule has 2 heterocycles. The fourth-order valence-corrected chi connectivity index (χ4v) is 6.78. The predicted molar refractivity (Wildman–Crippen MR) is 150 cm³/mol. The molecule has 0 aromatic heterocycles. The van der Waals surface area contributed by atoms with Gasteiger partial charge in [0.2, 0.25) is 10.0 Å². The molecule has 2 atom stereocenters. The highest BCUT2D eigenvalue weighted by Gasteiger charge is 2.48. The lowest BCUT2D eigenvalue weighted by Crippen LogP contribution is -2.45. The molecule has 0 saturated carbocycles. The molecule has 11 nitrogen and oxygen atoms in total. The summed E-state index contributed by atoms with van der Waals surface area (Å²) in [5, 5.41) is 23.7. The molecule has 1 aromatic carbocycles. The van der Waals surface area contributed by atoms with E-state index < -0.39 is 34.9 Å². The number of anilines is 2. The number of fused-ring (bicyclic) bond motifs is 1. The summed E-state index contributed by atoms with van der Waals surface area (Å²) in [4.78, 5) is 15.4. The molecule has 0 aliphatic carbocycles. The number of benzene rings is 1. The van der Waals surface area contributed by atoms with Gasteiger partial charge in [-0.1, -0.05) is 41.5 Å². The van der Waals surface area contributed by atoms with Crippen LogP contribution in [-0.2, 0) is 23.9 Å². The first-order valence-corrected chi connectivity index (χ1v) is 15.9. The van der Waals surface area contributed by atoms with Crippen molar-refractivity contribution in [2.24, 2.45) is 15.6 Å². The van der Waals surface area contributed by atoms with E-state index in [1.807, 2.05) is 20.8 Å². The van der Waals surface area contributed by atoms with Crippen LogP contribution in [0.15, 0.2) is 34.3 Å². The highest BCUT2D eigenvalue weighted by Crippen LogP contribution is 2.53. The molecule has 3 rings (SSSR count). The minimum absolute atomic E-state index is 0.0470. The van der Waals surface area contributed by atoms with Crippen LogP contribution < -0.4 is 15.3 Å². The van der Waals surface area contributed by atoms with Crippen molar-refractivity contribution in [3.63, 3.8) is 0 Å². The molecular formula is C25H39N4O7PS. The van der Waals surface area contributed by atoms with Crippen LogP contribution in [-0.4, -0.2) is 67.3 Å². The summed E-state index contributed by atoms with van der Waals surface area (Å²) < 4.78 is 49.9. The zero-order chi connectivity index (χ0) is 28.7. The van der Waals surface area contributed by atoms with Crippen LogP contribution >= 0.6 is 7.52 Å². The fraction of sp³-hybridized carbons (Fsp3) is 0.600. The van der Waals surface area contributed by atoms with Crippen molar-refractivity contribution in [2.75, 3.05) is 36.1 Å². The van der Waals surface area contributed by atoms with Gasteiger partial charge in [0.25, 0.3) is 5.91 Å². The first-order chi connectivity index (χ1) is 17.4. The van der Waals surface area contributed by atoms with E-state index in [0.717, 1.165) is 6.26 Å². The Morgan fingerprint density at radius 2 is 1.87 bits per heavy atom. The van der Waals surface area contributed by atoms with Crippen LogP contribution in [0.5, 0.6) is 0 Å². The Bertz CT molecular complexity index is 1310. The molecule has 2 aliphatic heterocycles. The Kier molecular flexibility index (Phi) is 8.44. The van der Waals surface area contributed by atoms with Crippen molar-refractivity contribution in [1.82, 2.24) is 4.90 Å². The molecule has 212 valence electrons. The summed E-state index contributed by atoms with van der Waals surface area (Å²) >= 11 is 0. The molecule has 1 aromatic rings. The smallest absolute Gasteiger partial charge is 0.348 e. The van der Waals surface area contributed by atoms with Crippen LogP contribution in [0.2, 0.25) is 0 Å². The second-order valence-corrected chi connectivity index (χ2v) is 15.7. The van der Waals surface area contributed by atoms with Crippen molar-refractivity contribution < 1.29 is 32.5 Å². The fourth-order valence-electron chi connectivity index (χ4n) is 4.39. The van der Waals surface area contributed by atoms with Crippen LogP contribution in [0.25, 0.3) is 0 Å². The first-order valence-electron chi connectivity index (χ1n) is 12.5. The maximum Gasteiger partial charge on any atom is 0.348 e. The summed E-state index contributed by atoms with van der Waals surface area (Å²) in [6, 6.07) is 3.73. The number of amidine groups is 1. The van der Waals surface area contributed by atoms with Gasteiger partial charge in [0.1, 0.15) is 11.3 Å². The van der Waals surface area contributed by atoms with Gasteiger partial charge in [-0.3, -0.25) is 14.1 Å². The molecule has 0 bridgehead atoms. The van der Waals surface area contributed by atoms with Crippen molar-refractivity contribution in [3.05, 3.63) is 29.5 Å². The zero-order valence-corrected chi connectivity index (χ0v) is 24.7. The number of rotatable bonds is 9. The molecule has 2 aliphatic rings. The van der Waals surface area contributed by atoms with E-state index >= 15 is 0 Å². The Balaban J connectivity index is 2.11. The average molecular weight is 571 g/mol. The lowest BCUT2D eigenvalue weighted by molar-refractivity contribution is -0.128. The maximum absolute atomic E-state index is 14.1. The summed E-state index contributed by atoms with van der Waals surface area (Å²) in [6.07, 6.45) is 1.89. The van der Waals surface area contributed by atoms with Gasteiger partial charge in [-0.05, 0) is 41.9 Å². The maximum atomic E-state index is 14.1. The standard InChI is InChI=1S/C25H39N4O7PS/c1-24(2,3)11-12-29-21(25(4,5)6)20(31)19(23(29)32)22-26-17-10-9-16(28-38(7,34)35)15-18(17)37(33,27-22)36-14-8-13-30/h9-10,15,21,28,30-31H,8,11-14H2,1-7H3,(H,26,27,33). The van der Waals surface area contributed by atoms with Gasteiger partial charge in [-0.2, -0.15) is 4.76 Å². The van der Waals surface area contributed by atoms with Gasteiger partial charge in [-0.25, -0.2) is 8.42 Å². The third kappa shape index (κ3) is 6.77. The van der Waals surface area contributed by atoms with Gasteiger partial charge in [0, 0.05) is 18.8 Å². The van der Waals surface area contributed by atoms with E-state index in [0.29, 0.717) is 18.7 Å². The molecule has 0 spiro atoms. The third-order valence-corrected chi connectivity index (χ3v) is 8.70. The number of nitrogens with zero attached hydrogens (tertiary/aromatic N) is 2. The SMILES string of the molecule is CC(C)(C)CCN1C(=O)C(C2=NP(=O)(OCCCO)c3cc(NS(C)(=O)=O)ccc3N2)=C(O)C1C(C)(C)C. The normalized spacial score (nSPS) is 22.3. The Morgan fingerprint density at radius 3 is 2.42 bits per heavy atom. The number of sulfonamides is 1. The van der Waals surface area contributed by atoms with Crippen molar-refractivity contribution in [2.45, 2.75) is 60.4 Å². The van der Waals surface area contributed by atoms with Gasteiger partial charge in [-0.15, -0.1) is 0 Å². The molecule has 0 saturated heterocycles. The number of hydrogen-bond acceptors (Lipinski definition) is 8. The average Bonchev–Trinajstić information content (AvgIpc) is 3.01. The summed E-state index contributed by atoms with van der Waals surface area (Å²) in [5.74, 6) is -0.675. The number of amides is 1. The van der Waals surface area contributed by atoms with Gasteiger partial charge < -0.3 is 25.0 Å². The third-order valence-electron chi connectivity index (χ3n) is 6.12. The summed E-state index contributed by atoms with van der Waals surface area (Å²) in [6.45, 7) is 12.1. The molecular weight excluding hydrogens is 531 g/mol. The van der Waals surface area contributed by atoms with Crippen molar-refractivity contribution in [3.8, 4) is 0 Å². The number of carbonyl (C=O) groups is 1. The largest absolute Gasteiger partial charge is 0.509 e. The van der Waals surface area contributed by atoms with Crippen LogP contribution in [0.1, 0.15) is 54.4 Å². The lowest BCUT2D eigenvalue weighted by Gasteiger charge is -2.36. The van der Waals surface area contributed by atoms with E-state index in [4.69, 9.17) is 4.52 Å². The van der Waals surface area contributed by atoms with E-state index in [1.54, 1.807) is 4.90 Å². The second-order valence-electron chi connectivity index (χ2n) is 11.9. The number of carbonyl (C=O) groups excluding carboxylic acids is 1. The zero-order valence-electron chi connectivity index (χ0n) is 23.0. The van der Waals surface area contributed by atoms with E-state index in [1.165, 1.54) is 18.2 Å². The molecule has 2 unspecified atom stereocenters. The predicted octanol–water partition coefficient (Wildman–Crippen LogP) is 3.60. The van der Waals surface area contributed by atoms with Crippen LogP contribution in [0.3, 0.4) is 0 Å². The Labute approximate surface area is 224 Å². The molecule has 0 fully saturated rings. The van der Waals surface area contributed by atoms with Crippen molar-refractivity contribution >= 4 is 46.0 Å². The molecule has 1 amide bonds. The number of hydrogen-bond donors (Lipinski definition) is 4. The highest BCUT2D eigenvalue weighted by atomic mass is 32.2. The van der Waals surface area contributed by atoms with E-state index in [2.05, 4.69) is 35.6 Å². The summed E-state index contributed by atoms with van der Waals surface area (Å²) in [7, 11) is -7.65. The summed E-state index contributed by atoms with van der Waals surface area (Å²) in [5.41, 5.74) is -0.157. The van der Waals surface area contributed by atoms with E-state index in [-0.39, 0.29) is 53.2 Å². The monoisotopic (exact) mass is 570 g/mol. The Hall–Kier alpha value is -2.40. The highest BCUT2D eigenvalue weighted by molar-refractivity contribution is 7.92. The second kappa shape index (κ2) is 10.6. The number of aliphatic hydroxyl groups is 2. The van der Waals surface area contributed by atoms with Crippen LogP contribution in [0.4, 0.5) is 11.4 Å². The van der Waals surface area contributed by atoms with Gasteiger partial charge >= 0.3 is 7.52 Å². The first kappa shape index (κ1) is 30.1. The van der Waals surface area contributed by atoms with Crippen molar-refractivity contribution in [1.29, 1.82) is 0 Å². The lowest BCUT2D eigenvalue weighted by atomic mass is 9.84. The number of aliphatic hydroxyl groups excluding tert-OH is 2. The molecule has 13 heteroatoms. The minimum Gasteiger partial charge on any atom is -0.509 e.